The standard InChI is InChI=1S/C10H15N3O3S2/c1-8-6-17-7-9(8)10(14)12-2-4-13(5-3-12)18(11,15)16/h6-7H,2-5H2,1H3,(H2,11,15,16). The number of carbonyl (C=O) groups excluding carboxylic acids is 1. The monoisotopic (exact) mass is 289 g/mol. The van der Waals surface area contributed by atoms with Gasteiger partial charge in [-0.3, -0.25) is 4.79 Å². The Morgan fingerprint density at radius 1 is 1.28 bits per heavy atom. The van der Waals surface area contributed by atoms with E-state index in [1.54, 1.807) is 4.90 Å². The molecule has 0 aromatic carbocycles. The number of aryl methyl sites for hydroxylation is 1. The predicted octanol–water partition coefficient (Wildman–Crippen LogP) is 0.0178. The molecule has 2 N–H and O–H groups in total. The lowest BCUT2D eigenvalue weighted by atomic mass is 10.2. The summed E-state index contributed by atoms with van der Waals surface area (Å²) in [6, 6.07) is 0. The Morgan fingerprint density at radius 2 is 1.89 bits per heavy atom. The van der Waals surface area contributed by atoms with Gasteiger partial charge in [0.15, 0.2) is 0 Å². The minimum atomic E-state index is -3.64. The molecular formula is C10H15N3O3S2. The van der Waals surface area contributed by atoms with Crippen molar-refractivity contribution in [1.29, 1.82) is 0 Å². The van der Waals surface area contributed by atoms with Crippen LogP contribution in [0, 0.1) is 6.92 Å². The van der Waals surface area contributed by atoms with Gasteiger partial charge in [-0.25, -0.2) is 5.14 Å². The molecule has 6 nitrogen and oxygen atoms in total. The Kier molecular flexibility index (Phi) is 3.71. The first-order valence-corrected chi connectivity index (χ1v) is 7.94. The van der Waals surface area contributed by atoms with Crippen LogP contribution < -0.4 is 5.14 Å². The lowest BCUT2D eigenvalue weighted by molar-refractivity contribution is 0.0697. The van der Waals surface area contributed by atoms with Gasteiger partial charge in [-0.2, -0.15) is 24.1 Å². The number of piperazine rings is 1. The van der Waals surface area contributed by atoms with Crippen molar-refractivity contribution >= 4 is 27.5 Å². The molecular weight excluding hydrogens is 274 g/mol. The zero-order chi connectivity index (χ0) is 13.3. The van der Waals surface area contributed by atoms with Crippen molar-refractivity contribution in [3.63, 3.8) is 0 Å². The van der Waals surface area contributed by atoms with Crippen LogP contribution in [-0.4, -0.2) is 49.7 Å². The Morgan fingerprint density at radius 3 is 2.33 bits per heavy atom. The maximum absolute atomic E-state index is 12.2. The molecule has 1 saturated heterocycles. The Hall–Kier alpha value is -0.960. The Balaban J connectivity index is 2.03. The van der Waals surface area contributed by atoms with E-state index in [2.05, 4.69) is 0 Å². The van der Waals surface area contributed by atoms with Crippen LogP contribution in [0.5, 0.6) is 0 Å². The fourth-order valence-electron chi connectivity index (χ4n) is 1.90. The summed E-state index contributed by atoms with van der Waals surface area (Å²) >= 11 is 1.49. The largest absolute Gasteiger partial charge is 0.336 e. The smallest absolute Gasteiger partial charge is 0.277 e. The number of hydrogen-bond donors (Lipinski definition) is 1. The topological polar surface area (TPSA) is 83.7 Å². The fourth-order valence-corrected chi connectivity index (χ4v) is 3.39. The van der Waals surface area contributed by atoms with Gasteiger partial charge in [0.1, 0.15) is 0 Å². The highest BCUT2D eigenvalue weighted by atomic mass is 32.2. The molecule has 18 heavy (non-hydrogen) atoms. The zero-order valence-electron chi connectivity index (χ0n) is 10.00. The molecule has 1 aliphatic rings. The van der Waals surface area contributed by atoms with Gasteiger partial charge in [0, 0.05) is 31.6 Å². The molecule has 1 aromatic rings. The molecule has 2 rings (SSSR count). The molecule has 1 aromatic heterocycles. The first-order valence-electron chi connectivity index (χ1n) is 5.49. The van der Waals surface area contributed by atoms with Crippen LogP contribution in [0.4, 0.5) is 0 Å². The lowest BCUT2D eigenvalue weighted by Crippen LogP contribution is -2.52. The summed E-state index contributed by atoms with van der Waals surface area (Å²) in [6.45, 7) is 3.17. The lowest BCUT2D eigenvalue weighted by Gasteiger charge is -2.32. The van der Waals surface area contributed by atoms with E-state index < -0.39 is 10.2 Å². The SMILES string of the molecule is Cc1cscc1C(=O)N1CCN(S(N)(=O)=O)CC1. The summed E-state index contributed by atoms with van der Waals surface area (Å²) in [5, 5.41) is 8.79. The molecule has 1 amide bonds. The van der Waals surface area contributed by atoms with Crippen molar-refractivity contribution in [2.45, 2.75) is 6.92 Å². The quantitative estimate of drug-likeness (QED) is 0.833. The van der Waals surface area contributed by atoms with E-state index in [9.17, 15) is 13.2 Å². The van der Waals surface area contributed by atoms with Gasteiger partial charge < -0.3 is 4.90 Å². The normalized spacial score (nSPS) is 18.0. The predicted molar refractivity (Wildman–Crippen MR) is 69.6 cm³/mol. The first-order chi connectivity index (χ1) is 8.39. The van der Waals surface area contributed by atoms with Gasteiger partial charge in [-0.1, -0.05) is 0 Å². The second-order valence-corrected chi connectivity index (χ2v) is 6.49. The van der Waals surface area contributed by atoms with Gasteiger partial charge in [-0.15, -0.1) is 0 Å². The third-order valence-electron chi connectivity index (χ3n) is 2.97. The van der Waals surface area contributed by atoms with Crippen molar-refractivity contribution in [2.24, 2.45) is 5.14 Å². The molecule has 0 spiro atoms. The molecule has 2 heterocycles. The molecule has 1 fully saturated rings. The average Bonchev–Trinajstić information content (AvgIpc) is 2.73. The van der Waals surface area contributed by atoms with Crippen molar-refractivity contribution in [1.82, 2.24) is 9.21 Å². The Bertz CT molecular complexity index is 544. The summed E-state index contributed by atoms with van der Waals surface area (Å²) < 4.78 is 23.5. The van der Waals surface area contributed by atoms with Crippen LogP contribution in [-0.2, 0) is 10.2 Å². The summed E-state index contributed by atoms with van der Waals surface area (Å²) in [7, 11) is -3.64. The molecule has 0 atom stereocenters. The summed E-state index contributed by atoms with van der Waals surface area (Å²) in [5.41, 5.74) is 1.66. The maximum Gasteiger partial charge on any atom is 0.277 e. The van der Waals surface area contributed by atoms with Gasteiger partial charge in [0.2, 0.25) is 0 Å². The maximum atomic E-state index is 12.2. The minimum Gasteiger partial charge on any atom is -0.336 e. The zero-order valence-corrected chi connectivity index (χ0v) is 11.6. The van der Waals surface area contributed by atoms with Crippen molar-refractivity contribution in [2.75, 3.05) is 26.2 Å². The van der Waals surface area contributed by atoms with Crippen LogP contribution in [0.25, 0.3) is 0 Å². The number of amides is 1. The number of carbonyl (C=O) groups is 1. The molecule has 8 heteroatoms. The van der Waals surface area contributed by atoms with Crippen molar-refractivity contribution < 1.29 is 13.2 Å². The van der Waals surface area contributed by atoms with E-state index in [4.69, 9.17) is 5.14 Å². The van der Waals surface area contributed by atoms with Gasteiger partial charge in [0.25, 0.3) is 16.1 Å². The third-order valence-corrected chi connectivity index (χ3v) is 4.92. The van der Waals surface area contributed by atoms with E-state index in [-0.39, 0.29) is 19.0 Å². The number of rotatable bonds is 2. The van der Waals surface area contributed by atoms with Crippen LogP contribution in [0.15, 0.2) is 10.8 Å². The highest BCUT2D eigenvalue weighted by Gasteiger charge is 2.27. The summed E-state index contributed by atoms with van der Waals surface area (Å²) in [6.07, 6.45) is 0. The van der Waals surface area contributed by atoms with E-state index in [0.717, 1.165) is 5.56 Å². The van der Waals surface area contributed by atoms with Gasteiger partial charge in [0.05, 0.1) is 5.56 Å². The second kappa shape index (κ2) is 4.96. The number of nitrogens with zero attached hydrogens (tertiary/aromatic N) is 2. The highest BCUT2D eigenvalue weighted by Crippen LogP contribution is 2.17. The molecule has 1 aliphatic heterocycles. The van der Waals surface area contributed by atoms with Gasteiger partial charge >= 0.3 is 0 Å². The van der Waals surface area contributed by atoms with Crippen molar-refractivity contribution in [3.05, 3.63) is 21.9 Å². The Labute approximate surface area is 110 Å². The van der Waals surface area contributed by atoms with Crippen LogP contribution in [0.3, 0.4) is 0 Å². The average molecular weight is 289 g/mol. The van der Waals surface area contributed by atoms with E-state index in [1.165, 1.54) is 15.6 Å². The molecule has 0 bridgehead atoms. The third kappa shape index (κ3) is 2.72. The second-order valence-electron chi connectivity index (χ2n) is 4.20. The van der Waals surface area contributed by atoms with E-state index >= 15 is 0 Å². The molecule has 0 radical (unpaired) electrons. The van der Waals surface area contributed by atoms with E-state index in [1.807, 2.05) is 17.7 Å². The molecule has 0 aliphatic carbocycles. The summed E-state index contributed by atoms with van der Waals surface area (Å²) in [4.78, 5) is 13.8. The molecule has 0 saturated carbocycles. The van der Waals surface area contributed by atoms with Gasteiger partial charge in [-0.05, 0) is 17.9 Å². The molecule has 100 valence electrons. The number of thiophene rings is 1. The molecule has 0 unspecified atom stereocenters. The minimum absolute atomic E-state index is 0.0391. The van der Waals surface area contributed by atoms with Crippen molar-refractivity contribution in [3.8, 4) is 0 Å². The number of nitrogens with two attached hydrogens (primary N) is 1. The first kappa shape index (κ1) is 13.5. The number of hydrogen-bond acceptors (Lipinski definition) is 4. The highest BCUT2D eigenvalue weighted by molar-refractivity contribution is 7.86. The fraction of sp³-hybridized carbons (Fsp3) is 0.500. The van der Waals surface area contributed by atoms with Crippen LogP contribution in [0.2, 0.25) is 0 Å². The van der Waals surface area contributed by atoms with E-state index in [0.29, 0.717) is 18.7 Å². The van der Waals surface area contributed by atoms with Crippen LogP contribution >= 0.6 is 11.3 Å². The van der Waals surface area contributed by atoms with Crippen LogP contribution in [0.1, 0.15) is 15.9 Å². The summed E-state index contributed by atoms with van der Waals surface area (Å²) in [5.74, 6) is -0.0391.